The first-order valence-corrected chi connectivity index (χ1v) is 12.7. The Labute approximate surface area is 235 Å². The Hall–Kier alpha value is -2.68. The van der Waals surface area contributed by atoms with E-state index in [0.717, 1.165) is 10.5 Å². The fraction of sp³-hybridized carbons (Fsp3) is 0.160. The molecule has 37 heavy (non-hydrogen) atoms. The van der Waals surface area contributed by atoms with Crippen LogP contribution in [0.2, 0.25) is 25.1 Å². The van der Waals surface area contributed by atoms with Gasteiger partial charge in [0.1, 0.15) is 6.04 Å². The lowest BCUT2D eigenvalue weighted by Crippen LogP contribution is -2.67. The molecule has 0 aliphatic carbocycles. The number of halogens is 5. The molecule has 3 aliphatic rings. The average molecular weight is 599 g/mol. The number of rotatable bonds is 3. The van der Waals surface area contributed by atoms with Crippen molar-refractivity contribution in [3.05, 3.63) is 83.8 Å². The second-order valence-electron chi connectivity index (χ2n) is 8.63. The van der Waals surface area contributed by atoms with E-state index in [0.29, 0.717) is 27.8 Å². The van der Waals surface area contributed by atoms with Crippen molar-refractivity contribution >= 4 is 81.4 Å². The molecule has 0 bridgehead atoms. The van der Waals surface area contributed by atoms with Crippen LogP contribution in [0.1, 0.15) is 37.9 Å². The van der Waals surface area contributed by atoms with E-state index in [1.807, 2.05) is 6.92 Å². The molecule has 12 heteroatoms. The summed E-state index contributed by atoms with van der Waals surface area (Å²) in [5, 5.41) is -0.265. The Morgan fingerprint density at radius 2 is 1.35 bits per heavy atom. The first-order chi connectivity index (χ1) is 17.6. The number of nitrogens with zero attached hydrogens (tertiary/aromatic N) is 2. The van der Waals surface area contributed by atoms with E-state index in [2.05, 4.69) is 0 Å². The molecule has 2 unspecified atom stereocenters. The molecular weight excluding hydrogens is 586 g/mol. The summed E-state index contributed by atoms with van der Waals surface area (Å²) in [7, 11) is 0. The average Bonchev–Trinajstić information content (AvgIpc) is 3.44. The second kappa shape index (κ2) is 8.68. The minimum Gasteiger partial charge on any atom is -0.454 e. The molecule has 1 fully saturated rings. The van der Waals surface area contributed by atoms with Crippen LogP contribution in [0.15, 0.2) is 36.4 Å². The number of ether oxygens (including phenoxy) is 2. The van der Waals surface area contributed by atoms with E-state index >= 15 is 0 Å². The van der Waals surface area contributed by atoms with Crippen molar-refractivity contribution in [2.24, 2.45) is 0 Å². The molecule has 0 spiro atoms. The molecule has 3 amide bonds. The number of imide groups is 1. The largest absolute Gasteiger partial charge is 0.454 e. The maximum Gasteiger partial charge on any atom is 0.264 e. The molecule has 0 N–H and O–H groups in total. The lowest BCUT2D eigenvalue weighted by molar-refractivity contribution is -0.130. The molecule has 3 aliphatic heterocycles. The highest BCUT2D eigenvalue weighted by Gasteiger charge is 2.58. The van der Waals surface area contributed by atoms with Gasteiger partial charge in [0.25, 0.3) is 17.7 Å². The Morgan fingerprint density at radius 3 is 1.97 bits per heavy atom. The zero-order valence-electron chi connectivity index (χ0n) is 18.7. The fourth-order valence-corrected chi connectivity index (χ4v) is 5.98. The summed E-state index contributed by atoms with van der Waals surface area (Å²) in [6.45, 7) is 1.89. The molecule has 0 aromatic heterocycles. The summed E-state index contributed by atoms with van der Waals surface area (Å²) in [6, 6.07) is 8.34. The maximum absolute atomic E-state index is 13.7. The van der Waals surface area contributed by atoms with E-state index in [9.17, 15) is 14.4 Å². The minimum absolute atomic E-state index is 0.0556. The van der Waals surface area contributed by atoms with Crippen molar-refractivity contribution in [1.29, 1.82) is 0 Å². The molecule has 188 valence electrons. The van der Waals surface area contributed by atoms with Crippen LogP contribution in [0.5, 0.6) is 11.5 Å². The van der Waals surface area contributed by atoms with Gasteiger partial charge in [0, 0.05) is 10.7 Å². The van der Waals surface area contributed by atoms with Crippen molar-refractivity contribution < 1.29 is 23.9 Å². The van der Waals surface area contributed by atoms with Gasteiger partial charge in [-0.05, 0) is 42.3 Å². The Morgan fingerprint density at radius 1 is 0.730 bits per heavy atom. The number of hydrogen-bond acceptors (Lipinski definition) is 5. The number of carbonyl (C=O) groups is 3. The first-order valence-electron chi connectivity index (χ1n) is 10.8. The normalized spacial score (nSPS) is 20.0. The van der Waals surface area contributed by atoms with Crippen LogP contribution >= 0.6 is 58.0 Å². The summed E-state index contributed by atoms with van der Waals surface area (Å²) in [6.07, 6.45) is 0. The quantitative estimate of drug-likeness (QED) is 0.144. The number of benzene rings is 3. The summed E-state index contributed by atoms with van der Waals surface area (Å²) in [5.41, 5.74) is 1.54. The SMILES string of the molecule is Cc1ccc(N2C(=O)C(N3C(=O)c4c(Cl)c(Cl)c(Cl)c(Cl)c4C3=O)C2c2ccc3c(c2)OCO3)cc1Cl. The van der Waals surface area contributed by atoms with Gasteiger partial charge in [-0.25, -0.2) is 0 Å². The molecule has 1 saturated heterocycles. The van der Waals surface area contributed by atoms with Gasteiger partial charge in [-0.15, -0.1) is 0 Å². The molecule has 7 nitrogen and oxygen atoms in total. The standard InChI is InChI=1S/C25H13Cl5N2O5/c1-9-2-4-11(7-12(9)26)31-21(10-3-5-13-14(6-10)37-8-36-13)22(25(31)35)32-23(33)15-16(24(32)34)18(28)20(30)19(29)17(15)27/h2-7,21-22H,8H2,1H3. The number of fused-ring (bicyclic) bond motifs is 2. The van der Waals surface area contributed by atoms with Crippen LogP contribution in [0, 0.1) is 6.92 Å². The van der Waals surface area contributed by atoms with E-state index in [-0.39, 0.29) is 38.0 Å². The molecule has 3 aromatic carbocycles. The Bertz CT molecular complexity index is 1530. The van der Waals surface area contributed by atoms with Crippen molar-refractivity contribution in [3.8, 4) is 11.5 Å². The van der Waals surface area contributed by atoms with Crippen molar-refractivity contribution in [3.63, 3.8) is 0 Å². The van der Waals surface area contributed by atoms with Gasteiger partial charge >= 0.3 is 0 Å². The summed E-state index contributed by atoms with van der Waals surface area (Å²) in [4.78, 5) is 43.1. The maximum atomic E-state index is 13.7. The van der Waals surface area contributed by atoms with Crippen molar-refractivity contribution in [2.75, 3.05) is 11.7 Å². The molecular formula is C25H13Cl5N2O5. The lowest BCUT2D eigenvalue weighted by atomic mass is 9.86. The Kier molecular flexibility index (Phi) is 5.78. The minimum atomic E-state index is -1.21. The predicted octanol–water partition coefficient (Wildman–Crippen LogP) is 6.74. The fourth-order valence-electron chi connectivity index (χ4n) is 4.79. The third kappa shape index (κ3) is 3.45. The van der Waals surface area contributed by atoms with E-state index in [4.69, 9.17) is 67.5 Å². The molecule has 3 aromatic rings. The highest BCUT2D eigenvalue weighted by molar-refractivity contribution is 6.55. The third-order valence-corrected chi connectivity index (χ3v) is 8.86. The second-order valence-corrected chi connectivity index (χ2v) is 10.5. The number of carbonyl (C=O) groups excluding carboxylic acids is 3. The van der Waals surface area contributed by atoms with Crippen molar-refractivity contribution in [1.82, 2.24) is 4.90 Å². The van der Waals surface area contributed by atoms with Crippen LogP contribution < -0.4 is 14.4 Å². The highest BCUT2D eigenvalue weighted by atomic mass is 35.5. The molecule has 0 saturated carbocycles. The number of aryl methyl sites for hydroxylation is 1. The van der Waals surface area contributed by atoms with Gasteiger partial charge in [-0.3, -0.25) is 19.3 Å². The highest BCUT2D eigenvalue weighted by Crippen LogP contribution is 2.50. The first kappa shape index (κ1) is 24.6. The van der Waals surface area contributed by atoms with Crippen molar-refractivity contribution in [2.45, 2.75) is 19.0 Å². The number of β-lactam (4-membered cyclic amide) rings is 1. The van der Waals surface area contributed by atoms with Gasteiger partial charge in [0.05, 0.1) is 37.3 Å². The lowest BCUT2D eigenvalue weighted by Gasteiger charge is -2.49. The number of anilines is 1. The summed E-state index contributed by atoms with van der Waals surface area (Å²) >= 11 is 31.2. The van der Waals surface area contributed by atoms with Crippen LogP contribution in [0.4, 0.5) is 5.69 Å². The zero-order valence-corrected chi connectivity index (χ0v) is 22.4. The number of hydrogen-bond donors (Lipinski definition) is 0. The molecule has 6 rings (SSSR count). The van der Waals surface area contributed by atoms with Gasteiger partial charge in [-0.2, -0.15) is 0 Å². The molecule has 2 atom stereocenters. The predicted molar refractivity (Wildman–Crippen MR) is 140 cm³/mol. The van der Waals surface area contributed by atoms with E-state index in [1.54, 1.807) is 36.4 Å². The third-order valence-electron chi connectivity index (χ3n) is 6.65. The van der Waals surface area contributed by atoms with Gasteiger partial charge in [0.15, 0.2) is 11.5 Å². The van der Waals surface area contributed by atoms with Crippen LogP contribution in [0.3, 0.4) is 0 Å². The van der Waals surface area contributed by atoms with Crippen LogP contribution in [-0.2, 0) is 4.79 Å². The monoisotopic (exact) mass is 596 g/mol. The van der Waals surface area contributed by atoms with Crippen LogP contribution in [0.25, 0.3) is 0 Å². The molecule has 3 heterocycles. The number of amides is 3. The topological polar surface area (TPSA) is 76.2 Å². The van der Waals surface area contributed by atoms with Crippen LogP contribution in [-0.4, -0.2) is 35.5 Å². The van der Waals surface area contributed by atoms with E-state index < -0.39 is 29.8 Å². The van der Waals surface area contributed by atoms with Gasteiger partial charge < -0.3 is 14.4 Å². The van der Waals surface area contributed by atoms with Gasteiger partial charge in [-0.1, -0.05) is 70.1 Å². The summed E-state index contributed by atoms with van der Waals surface area (Å²) < 4.78 is 10.9. The smallest absolute Gasteiger partial charge is 0.264 e. The summed E-state index contributed by atoms with van der Waals surface area (Å²) in [5.74, 6) is -1.07. The van der Waals surface area contributed by atoms with E-state index in [1.165, 1.54) is 4.90 Å². The molecule has 0 radical (unpaired) electrons. The zero-order chi connectivity index (χ0) is 26.3. The Balaban J connectivity index is 1.48. The van der Waals surface area contributed by atoms with Gasteiger partial charge in [0.2, 0.25) is 6.79 Å².